The second-order valence-electron chi connectivity index (χ2n) is 14.3. The van der Waals surface area contributed by atoms with E-state index in [0.29, 0.717) is 41.6 Å². The van der Waals surface area contributed by atoms with Gasteiger partial charge in [-0.1, -0.05) is 73.1 Å². The predicted molar refractivity (Wildman–Crippen MR) is 204 cm³/mol. The van der Waals surface area contributed by atoms with E-state index in [9.17, 15) is 5.11 Å². The number of hydrogen-bond donors (Lipinski definition) is 1. The van der Waals surface area contributed by atoms with Crippen LogP contribution in [0.4, 0.5) is 11.4 Å². The van der Waals surface area contributed by atoms with Crippen LogP contribution in [-0.2, 0) is 25.5 Å². The van der Waals surface area contributed by atoms with Crippen LogP contribution in [0, 0.1) is 24.7 Å². The number of halogens is 1. The Labute approximate surface area is 311 Å². The number of amides is 3. The monoisotopic (exact) mass is 725 g/mol. The topological polar surface area (TPSA) is 99.6 Å². The molecule has 3 aromatic carbocycles. The van der Waals surface area contributed by atoms with Crippen molar-refractivity contribution in [3.05, 3.63) is 114 Å². The third-order valence-corrected chi connectivity index (χ3v) is 11.5. The Hall–Kier alpha value is -4.44. The number of carbonyl (C=O) groups is 3. The van der Waals surface area contributed by atoms with Crippen molar-refractivity contribution < 1.29 is 29.0 Å². The Bertz CT molecular complexity index is 1810. The van der Waals surface area contributed by atoms with Crippen LogP contribution in [-0.4, -0.2) is 77.3 Å². The van der Waals surface area contributed by atoms with E-state index in [4.69, 9.17) is 21.1 Å². The van der Waals surface area contributed by atoms with Crippen LogP contribution in [0.3, 0.4) is 0 Å². The fraction of sp³-hybridized carbons (Fsp3) is 0.405. The lowest BCUT2D eigenvalue weighted by Crippen LogP contribution is -2.59. The molecule has 52 heavy (non-hydrogen) atoms. The molecule has 2 bridgehead atoms. The quantitative estimate of drug-likeness (QED) is 0.193. The SMILES string of the molecule is C=CCN(C(=O)[C@@H]1[C@H]2C(=O)N([C@@H](CO)Cc3ccccc3)C(C(=O)N(CC=C)c3c(C)cccc3Cl)C23CC(C)[C@@]1(C)O3)c1ccc(OCC)cc1. The van der Waals surface area contributed by atoms with Crippen molar-refractivity contribution in [1.29, 1.82) is 0 Å². The first-order valence-corrected chi connectivity index (χ1v) is 18.3. The molecule has 0 saturated carbocycles. The van der Waals surface area contributed by atoms with Crippen molar-refractivity contribution in [1.82, 2.24) is 4.90 Å². The van der Waals surface area contributed by atoms with Crippen molar-refractivity contribution in [3.63, 3.8) is 0 Å². The molecule has 3 fully saturated rings. The maximum atomic E-state index is 15.4. The maximum absolute atomic E-state index is 15.4. The molecule has 6 rings (SSSR count). The molecular formula is C42H48ClN3O6. The van der Waals surface area contributed by atoms with Gasteiger partial charge in [0, 0.05) is 18.8 Å². The lowest BCUT2D eigenvalue weighted by atomic mass is 9.62. The molecule has 3 amide bonds. The highest BCUT2D eigenvalue weighted by molar-refractivity contribution is 6.34. The average molecular weight is 726 g/mol. The number of nitrogens with zero attached hydrogens (tertiary/aromatic N) is 3. The van der Waals surface area contributed by atoms with Crippen LogP contribution >= 0.6 is 11.6 Å². The number of likely N-dealkylation sites (tertiary alicyclic amines) is 1. The van der Waals surface area contributed by atoms with Crippen LogP contribution in [0.1, 0.15) is 38.3 Å². The van der Waals surface area contributed by atoms with Gasteiger partial charge >= 0.3 is 0 Å². The van der Waals surface area contributed by atoms with Gasteiger partial charge in [0.2, 0.25) is 11.8 Å². The second kappa shape index (κ2) is 14.9. The van der Waals surface area contributed by atoms with Crippen molar-refractivity contribution in [2.45, 2.75) is 63.8 Å². The summed E-state index contributed by atoms with van der Waals surface area (Å²) in [6, 6.07) is 20.3. The molecule has 0 aliphatic carbocycles. The van der Waals surface area contributed by atoms with E-state index in [2.05, 4.69) is 13.2 Å². The van der Waals surface area contributed by atoms with Gasteiger partial charge < -0.3 is 29.3 Å². The molecule has 1 N–H and O–H groups in total. The van der Waals surface area contributed by atoms with E-state index in [0.717, 1.165) is 11.1 Å². The third kappa shape index (κ3) is 6.12. The van der Waals surface area contributed by atoms with Gasteiger partial charge in [0.15, 0.2) is 0 Å². The summed E-state index contributed by atoms with van der Waals surface area (Å²) in [5.41, 5.74) is 0.378. The summed E-state index contributed by atoms with van der Waals surface area (Å²) in [5.74, 6) is -2.52. The fourth-order valence-electron chi connectivity index (χ4n) is 8.90. The second-order valence-corrected chi connectivity index (χ2v) is 14.7. The Morgan fingerprint density at radius 2 is 1.71 bits per heavy atom. The molecule has 3 saturated heterocycles. The van der Waals surface area contributed by atoms with E-state index >= 15 is 14.4 Å². The minimum Gasteiger partial charge on any atom is -0.494 e. The number of aliphatic hydroxyl groups excluding tert-OH is 1. The summed E-state index contributed by atoms with van der Waals surface area (Å²) in [7, 11) is 0. The first kappa shape index (κ1) is 37.3. The number of ether oxygens (including phenoxy) is 2. The molecule has 9 nitrogen and oxygen atoms in total. The number of anilines is 2. The van der Waals surface area contributed by atoms with Gasteiger partial charge in [0.25, 0.3) is 5.91 Å². The highest BCUT2D eigenvalue weighted by Crippen LogP contribution is 2.66. The van der Waals surface area contributed by atoms with Crippen LogP contribution in [0.25, 0.3) is 0 Å². The van der Waals surface area contributed by atoms with E-state index in [1.165, 1.54) is 4.90 Å². The molecule has 3 unspecified atom stereocenters. The Morgan fingerprint density at radius 3 is 2.33 bits per heavy atom. The number of benzene rings is 3. The van der Waals surface area contributed by atoms with Crippen molar-refractivity contribution in [2.24, 2.45) is 17.8 Å². The Balaban J connectivity index is 1.50. The number of carbonyl (C=O) groups excluding carboxylic acids is 3. The van der Waals surface area contributed by atoms with Crippen molar-refractivity contribution in [3.8, 4) is 5.75 Å². The highest BCUT2D eigenvalue weighted by atomic mass is 35.5. The van der Waals surface area contributed by atoms with E-state index in [-0.39, 0.29) is 30.8 Å². The lowest BCUT2D eigenvalue weighted by molar-refractivity contribution is -0.149. The molecule has 0 aromatic heterocycles. The summed E-state index contributed by atoms with van der Waals surface area (Å²) in [6.45, 7) is 16.0. The van der Waals surface area contributed by atoms with E-state index in [1.54, 1.807) is 28.0 Å². The molecule has 274 valence electrons. The van der Waals surface area contributed by atoms with Gasteiger partial charge in [-0.25, -0.2) is 0 Å². The number of fused-ring (bicyclic) bond motifs is 1. The molecule has 3 aliphatic rings. The van der Waals surface area contributed by atoms with Crippen LogP contribution < -0.4 is 14.5 Å². The number of hydrogen-bond acceptors (Lipinski definition) is 6. The fourth-order valence-corrected chi connectivity index (χ4v) is 9.23. The molecule has 0 radical (unpaired) electrons. The highest BCUT2D eigenvalue weighted by Gasteiger charge is 2.80. The minimum absolute atomic E-state index is 0.116. The third-order valence-electron chi connectivity index (χ3n) is 11.2. The minimum atomic E-state index is -1.36. The largest absolute Gasteiger partial charge is 0.494 e. The van der Waals surface area contributed by atoms with Crippen LogP contribution in [0.2, 0.25) is 5.02 Å². The van der Waals surface area contributed by atoms with Crippen LogP contribution in [0.5, 0.6) is 5.75 Å². The Kier molecular flexibility index (Phi) is 10.7. The number of rotatable bonds is 14. The molecule has 3 aliphatic heterocycles. The maximum Gasteiger partial charge on any atom is 0.253 e. The first-order chi connectivity index (χ1) is 25.0. The standard InChI is InChI=1S/C42H48ClN3O6/c1-7-22-44(30-18-20-32(21-19-30)51-9-3)38(48)34-35-39(49)46(31(26-47)24-29-15-11-10-12-16-29)37(42(35)25-28(5)41(34,6)52-42)40(50)45(23-8-2)36-27(4)14-13-17-33(36)43/h7-8,10-21,28,31,34-35,37,47H,1-2,9,22-26H2,3-6H3/t28?,31-,34+,35+,37?,41-,42?/m1/s1. The van der Waals surface area contributed by atoms with E-state index in [1.807, 2.05) is 94.4 Å². The van der Waals surface area contributed by atoms with Gasteiger partial charge in [-0.15, -0.1) is 13.2 Å². The zero-order chi connectivity index (χ0) is 37.4. The normalized spacial score (nSPS) is 26.5. The zero-order valence-corrected chi connectivity index (χ0v) is 31.1. The molecular weight excluding hydrogens is 678 g/mol. The summed E-state index contributed by atoms with van der Waals surface area (Å²) >= 11 is 6.78. The Morgan fingerprint density at radius 1 is 1.04 bits per heavy atom. The van der Waals surface area contributed by atoms with Crippen molar-refractivity contribution in [2.75, 3.05) is 36.1 Å². The summed E-state index contributed by atoms with van der Waals surface area (Å²) < 4.78 is 12.7. The molecule has 10 heteroatoms. The molecule has 1 spiro atoms. The van der Waals surface area contributed by atoms with Gasteiger partial charge in [-0.05, 0) is 81.0 Å². The number of para-hydroxylation sites is 1. The smallest absolute Gasteiger partial charge is 0.253 e. The van der Waals surface area contributed by atoms with Crippen LogP contribution in [0.15, 0.2) is 98.1 Å². The molecule has 3 heterocycles. The molecule has 7 atom stereocenters. The van der Waals surface area contributed by atoms with Gasteiger partial charge in [-0.2, -0.15) is 0 Å². The summed E-state index contributed by atoms with van der Waals surface area (Å²) in [4.78, 5) is 50.4. The van der Waals surface area contributed by atoms with Gasteiger partial charge in [0.1, 0.15) is 17.4 Å². The van der Waals surface area contributed by atoms with Gasteiger partial charge in [-0.3, -0.25) is 14.4 Å². The number of aliphatic hydroxyl groups is 1. The summed E-state index contributed by atoms with van der Waals surface area (Å²) in [6.07, 6.45) is 3.94. The molecule has 3 aromatic rings. The van der Waals surface area contributed by atoms with Gasteiger partial charge in [0.05, 0.1) is 47.4 Å². The zero-order valence-electron chi connectivity index (χ0n) is 30.3. The first-order valence-electron chi connectivity index (χ1n) is 18.0. The number of aryl methyl sites for hydroxylation is 1. The predicted octanol–water partition coefficient (Wildman–Crippen LogP) is 6.40. The lowest BCUT2D eigenvalue weighted by Gasteiger charge is -2.40. The summed E-state index contributed by atoms with van der Waals surface area (Å²) in [5, 5.41) is 11.4. The van der Waals surface area contributed by atoms with E-state index < -0.39 is 47.6 Å². The van der Waals surface area contributed by atoms with Crippen molar-refractivity contribution >= 4 is 40.7 Å². The average Bonchev–Trinajstić information content (AvgIpc) is 3.65.